The number of carbonyl (C=O) groups is 1. The van der Waals surface area contributed by atoms with Crippen molar-refractivity contribution in [3.05, 3.63) is 54.1 Å². The van der Waals surface area contributed by atoms with Gasteiger partial charge in [0, 0.05) is 0 Å². The minimum Gasteiger partial charge on any atom is -0.471 e. The van der Waals surface area contributed by atoms with Crippen LogP contribution in [-0.4, -0.2) is 38.7 Å². The SMILES string of the molecule is O=C(O)Nc1ccccc1S(=O)(=O)c1ccccc1C1=NOCCO1. The molecule has 130 valence electrons. The van der Waals surface area contributed by atoms with Gasteiger partial charge in [0.25, 0.3) is 5.90 Å². The van der Waals surface area contributed by atoms with Crippen LogP contribution in [-0.2, 0) is 19.4 Å². The molecule has 0 atom stereocenters. The Balaban J connectivity index is 2.14. The fourth-order valence-corrected chi connectivity index (χ4v) is 3.95. The molecule has 0 aromatic heterocycles. The minimum atomic E-state index is -4.04. The Bertz CT molecular complexity index is 939. The van der Waals surface area contributed by atoms with Gasteiger partial charge in [-0.05, 0) is 29.4 Å². The number of benzene rings is 2. The zero-order valence-corrected chi connectivity index (χ0v) is 13.7. The van der Waals surface area contributed by atoms with Crippen molar-refractivity contribution in [1.29, 1.82) is 0 Å². The van der Waals surface area contributed by atoms with E-state index in [2.05, 4.69) is 10.5 Å². The van der Waals surface area contributed by atoms with Crippen molar-refractivity contribution >= 4 is 27.5 Å². The second-order valence-electron chi connectivity index (χ2n) is 5.00. The summed E-state index contributed by atoms with van der Waals surface area (Å²) in [6.45, 7) is 0.536. The first-order valence-electron chi connectivity index (χ1n) is 7.26. The molecule has 8 nitrogen and oxygen atoms in total. The smallest absolute Gasteiger partial charge is 0.409 e. The molecule has 9 heteroatoms. The predicted octanol–water partition coefficient (Wildman–Crippen LogP) is 2.32. The van der Waals surface area contributed by atoms with Gasteiger partial charge in [0.05, 0.1) is 21.0 Å². The quantitative estimate of drug-likeness (QED) is 0.863. The molecule has 0 saturated carbocycles. The molecule has 0 saturated heterocycles. The first-order chi connectivity index (χ1) is 12.0. The highest BCUT2D eigenvalue weighted by Crippen LogP contribution is 2.30. The summed E-state index contributed by atoms with van der Waals surface area (Å²) in [6.07, 6.45) is -1.36. The van der Waals surface area contributed by atoms with Gasteiger partial charge in [-0.15, -0.1) is 0 Å². The van der Waals surface area contributed by atoms with Gasteiger partial charge < -0.3 is 14.7 Å². The molecule has 1 amide bonds. The maximum Gasteiger partial charge on any atom is 0.409 e. The van der Waals surface area contributed by atoms with E-state index >= 15 is 0 Å². The van der Waals surface area contributed by atoms with Crippen LogP contribution in [0.3, 0.4) is 0 Å². The van der Waals surface area contributed by atoms with E-state index in [0.29, 0.717) is 0 Å². The lowest BCUT2D eigenvalue weighted by Gasteiger charge is -2.17. The van der Waals surface area contributed by atoms with Crippen molar-refractivity contribution < 1.29 is 27.9 Å². The Labute approximate surface area is 143 Å². The molecule has 0 fully saturated rings. The number of nitrogens with zero attached hydrogens (tertiary/aromatic N) is 1. The molecule has 0 unspecified atom stereocenters. The number of sulfone groups is 1. The summed E-state index contributed by atoms with van der Waals surface area (Å²) in [7, 11) is -4.04. The molecule has 0 bridgehead atoms. The third kappa shape index (κ3) is 3.41. The molecule has 25 heavy (non-hydrogen) atoms. The Morgan fingerprint density at radius 1 is 1.04 bits per heavy atom. The molecule has 0 radical (unpaired) electrons. The van der Waals surface area contributed by atoms with Crippen LogP contribution < -0.4 is 5.32 Å². The predicted molar refractivity (Wildman–Crippen MR) is 88.4 cm³/mol. The maximum absolute atomic E-state index is 13.1. The number of hydrogen-bond acceptors (Lipinski definition) is 6. The van der Waals surface area contributed by atoms with Crippen molar-refractivity contribution in [3.63, 3.8) is 0 Å². The second kappa shape index (κ2) is 6.81. The number of oxime groups is 1. The zero-order chi connectivity index (χ0) is 17.9. The second-order valence-corrected chi connectivity index (χ2v) is 6.89. The van der Waals surface area contributed by atoms with Crippen LogP contribution >= 0.6 is 0 Å². The highest BCUT2D eigenvalue weighted by Gasteiger charge is 2.27. The monoisotopic (exact) mass is 362 g/mol. The molecule has 1 heterocycles. The van der Waals surface area contributed by atoms with Crippen molar-refractivity contribution in [3.8, 4) is 0 Å². The van der Waals surface area contributed by atoms with Crippen molar-refractivity contribution in [2.45, 2.75) is 9.79 Å². The van der Waals surface area contributed by atoms with E-state index in [-0.39, 0.29) is 40.2 Å². The Kier molecular flexibility index (Phi) is 4.57. The average Bonchev–Trinajstić information content (AvgIpc) is 2.62. The van der Waals surface area contributed by atoms with E-state index in [4.69, 9.17) is 14.7 Å². The van der Waals surface area contributed by atoms with Gasteiger partial charge in [0.1, 0.15) is 6.61 Å². The van der Waals surface area contributed by atoms with Crippen LogP contribution in [0.5, 0.6) is 0 Å². The Hall–Kier alpha value is -3.07. The lowest BCUT2D eigenvalue weighted by atomic mass is 10.2. The maximum atomic E-state index is 13.1. The standard InChI is InChI=1S/C16H14N2O6S/c19-16(20)17-12-6-2-4-8-14(12)25(21,22)13-7-3-1-5-11(13)15-18-24-10-9-23-15/h1-8,17H,9-10H2,(H,19,20). The van der Waals surface area contributed by atoms with Gasteiger partial charge in [0.2, 0.25) is 9.84 Å². The summed E-state index contributed by atoms with van der Waals surface area (Å²) >= 11 is 0. The molecule has 2 aromatic carbocycles. The van der Waals surface area contributed by atoms with E-state index in [0.717, 1.165) is 0 Å². The third-order valence-electron chi connectivity index (χ3n) is 3.39. The highest BCUT2D eigenvalue weighted by atomic mass is 32.2. The van der Waals surface area contributed by atoms with Crippen LogP contribution in [0.2, 0.25) is 0 Å². The molecular weight excluding hydrogens is 348 g/mol. The molecule has 2 aromatic rings. The first-order valence-corrected chi connectivity index (χ1v) is 8.74. The first kappa shape index (κ1) is 16.8. The van der Waals surface area contributed by atoms with Crippen molar-refractivity contribution in [2.24, 2.45) is 5.16 Å². The zero-order valence-electron chi connectivity index (χ0n) is 12.9. The molecular formula is C16H14N2O6S. The number of carboxylic acid groups (broad SMARTS) is 1. The Morgan fingerprint density at radius 2 is 1.72 bits per heavy atom. The van der Waals surface area contributed by atoms with E-state index in [9.17, 15) is 13.2 Å². The molecule has 0 spiro atoms. The number of amides is 1. The number of hydrogen-bond donors (Lipinski definition) is 2. The van der Waals surface area contributed by atoms with Gasteiger partial charge >= 0.3 is 6.09 Å². The lowest BCUT2D eigenvalue weighted by Crippen LogP contribution is -2.20. The summed E-state index contributed by atoms with van der Waals surface area (Å²) in [6, 6.07) is 11.9. The number of nitrogens with one attached hydrogen (secondary N) is 1. The highest BCUT2D eigenvalue weighted by molar-refractivity contribution is 7.91. The average molecular weight is 362 g/mol. The largest absolute Gasteiger partial charge is 0.471 e. The van der Waals surface area contributed by atoms with Gasteiger partial charge in [-0.2, -0.15) is 0 Å². The van der Waals surface area contributed by atoms with Gasteiger partial charge in [0.15, 0.2) is 6.61 Å². The van der Waals surface area contributed by atoms with Crippen LogP contribution in [0.25, 0.3) is 0 Å². The summed E-state index contributed by atoms with van der Waals surface area (Å²) in [5.41, 5.74) is 0.208. The van der Waals surface area contributed by atoms with Crippen LogP contribution in [0, 0.1) is 0 Å². The van der Waals surface area contributed by atoms with E-state index in [1.165, 1.54) is 24.3 Å². The van der Waals surface area contributed by atoms with Crippen LogP contribution in [0.1, 0.15) is 5.56 Å². The van der Waals surface area contributed by atoms with E-state index in [1.807, 2.05) is 0 Å². The number of para-hydroxylation sites is 1. The van der Waals surface area contributed by atoms with Gasteiger partial charge in [-0.3, -0.25) is 5.32 Å². The van der Waals surface area contributed by atoms with Crippen molar-refractivity contribution in [2.75, 3.05) is 18.5 Å². The van der Waals surface area contributed by atoms with E-state index < -0.39 is 15.9 Å². The fraction of sp³-hybridized carbons (Fsp3) is 0.125. The topological polar surface area (TPSA) is 114 Å². The summed E-state index contributed by atoms with van der Waals surface area (Å²) in [5, 5.41) is 14.8. The fourth-order valence-electron chi connectivity index (χ4n) is 2.35. The number of anilines is 1. The van der Waals surface area contributed by atoms with Gasteiger partial charge in [-0.1, -0.05) is 24.3 Å². The number of ether oxygens (including phenoxy) is 1. The van der Waals surface area contributed by atoms with Crippen LogP contribution in [0.15, 0.2) is 63.5 Å². The van der Waals surface area contributed by atoms with Crippen LogP contribution in [0.4, 0.5) is 10.5 Å². The molecule has 1 aliphatic rings. The Morgan fingerprint density at radius 3 is 2.40 bits per heavy atom. The lowest BCUT2D eigenvalue weighted by molar-refractivity contribution is 0.0653. The summed E-state index contributed by atoms with van der Waals surface area (Å²) in [5.74, 6) is 0.0640. The summed E-state index contributed by atoms with van der Waals surface area (Å²) in [4.78, 5) is 15.7. The van der Waals surface area contributed by atoms with Gasteiger partial charge in [-0.25, -0.2) is 13.2 Å². The molecule has 2 N–H and O–H groups in total. The third-order valence-corrected chi connectivity index (χ3v) is 5.26. The minimum absolute atomic E-state index is 0.0347. The number of rotatable bonds is 4. The molecule has 3 rings (SSSR count). The van der Waals surface area contributed by atoms with Crippen molar-refractivity contribution in [1.82, 2.24) is 0 Å². The van der Waals surface area contributed by atoms with E-state index in [1.54, 1.807) is 24.3 Å². The normalized spacial score (nSPS) is 14.0. The summed E-state index contributed by atoms with van der Waals surface area (Å²) < 4.78 is 31.6. The molecule has 1 aliphatic heterocycles. The molecule has 0 aliphatic carbocycles.